The van der Waals surface area contributed by atoms with Crippen molar-refractivity contribution in [2.24, 2.45) is 0 Å². The lowest BCUT2D eigenvalue weighted by Crippen LogP contribution is -2.46. The molecule has 1 saturated heterocycles. The van der Waals surface area contributed by atoms with Crippen LogP contribution in [0.2, 0.25) is 0 Å². The van der Waals surface area contributed by atoms with E-state index in [-0.39, 0.29) is 0 Å². The van der Waals surface area contributed by atoms with Crippen LogP contribution in [0.4, 0.5) is 11.1 Å². The molecule has 28 heavy (non-hydrogen) atoms. The van der Waals surface area contributed by atoms with Gasteiger partial charge in [0.25, 0.3) is 0 Å². The molecule has 1 fully saturated rings. The summed E-state index contributed by atoms with van der Waals surface area (Å²) in [5.41, 5.74) is 2.49. The van der Waals surface area contributed by atoms with Crippen LogP contribution in [0.1, 0.15) is 11.4 Å². The number of hydrogen-bond acceptors (Lipinski definition) is 8. The predicted octanol–water partition coefficient (Wildman–Crippen LogP) is 2.38. The Morgan fingerprint density at radius 1 is 1.00 bits per heavy atom. The van der Waals surface area contributed by atoms with Gasteiger partial charge in [-0.15, -0.1) is 0 Å². The molecular weight excluding hydrogens is 396 g/mol. The molecule has 0 atom stereocenters. The Kier molecular flexibility index (Phi) is 5.04. The minimum Gasteiger partial charge on any atom is -0.304 e. The zero-order chi connectivity index (χ0) is 19.9. The number of hydrogen-bond donors (Lipinski definition) is 1. The topological polar surface area (TPSA) is 91.3 Å². The van der Waals surface area contributed by atoms with Crippen molar-refractivity contribution in [3.8, 4) is 0 Å². The molecule has 0 amide bonds. The number of benzene rings is 1. The SMILES string of the molecule is Cc1cc(C)nc(Nc2nc3ccc(S(=O)(=O)N4CCN(C)CC4)cc3s2)n1. The molecule has 3 heterocycles. The molecular formula is C18H22N6O2S2. The maximum absolute atomic E-state index is 13.0. The van der Waals surface area contributed by atoms with E-state index < -0.39 is 10.0 Å². The number of thiazole rings is 1. The monoisotopic (exact) mass is 418 g/mol. The molecule has 10 heteroatoms. The van der Waals surface area contributed by atoms with Crippen LogP contribution in [0, 0.1) is 13.8 Å². The van der Waals surface area contributed by atoms with Crippen molar-refractivity contribution in [1.29, 1.82) is 0 Å². The first-order chi connectivity index (χ1) is 13.3. The largest absolute Gasteiger partial charge is 0.304 e. The van der Waals surface area contributed by atoms with Crippen LogP contribution in [0.25, 0.3) is 10.2 Å². The molecule has 1 aliphatic heterocycles. The van der Waals surface area contributed by atoms with Crippen molar-refractivity contribution in [2.75, 3.05) is 38.5 Å². The average Bonchev–Trinajstić information content (AvgIpc) is 3.02. The second-order valence-electron chi connectivity index (χ2n) is 6.96. The number of aromatic nitrogens is 3. The van der Waals surface area contributed by atoms with Gasteiger partial charge in [-0.05, 0) is 45.2 Å². The first-order valence-electron chi connectivity index (χ1n) is 9.00. The van der Waals surface area contributed by atoms with Crippen molar-refractivity contribution < 1.29 is 8.42 Å². The van der Waals surface area contributed by atoms with E-state index >= 15 is 0 Å². The van der Waals surface area contributed by atoms with Crippen molar-refractivity contribution in [1.82, 2.24) is 24.2 Å². The summed E-state index contributed by atoms with van der Waals surface area (Å²) in [5, 5.41) is 3.75. The van der Waals surface area contributed by atoms with Crippen molar-refractivity contribution in [2.45, 2.75) is 18.7 Å². The molecule has 0 saturated carbocycles. The molecule has 1 aromatic carbocycles. The fraction of sp³-hybridized carbons (Fsp3) is 0.389. The summed E-state index contributed by atoms with van der Waals surface area (Å²) in [6.45, 7) is 6.33. The number of nitrogens with zero attached hydrogens (tertiary/aromatic N) is 5. The van der Waals surface area contributed by atoms with E-state index in [0.29, 0.717) is 29.1 Å². The predicted molar refractivity (Wildman–Crippen MR) is 111 cm³/mol. The molecule has 2 aromatic heterocycles. The molecule has 0 radical (unpaired) electrons. The Balaban J connectivity index is 1.61. The lowest BCUT2D eigenvalue weighted by Gasteiger charge is -2.31. The van der Waals surface area contributed by atoms with Crippen LogP contribution >= 0.6 is 11.3 Å². The molecule has 0 bridgehead atoms. The minimum absolute atomic E-state index is 0.308. The van der Waals surface area contributed by atoms with Gasteiger partial charge in [-0.3, -0.25) is 5.32 Å². The van der Waals surface area contributed by atoms with E-state index in [1.54, 1.807) is 22.5 Å². The van der Waals surface area contributed by atoms with Gasteiger partial charge in [0.2, 0.25) is 16.0 Å². The van der Waals surface area contributed by atoms with Gasteiger partial charge in [0.05, 0.1) is 15.1 Å². The first kappa shape index (κ1) is 19.2. The highest BCUT2D eigenvalue weighted by atomic mass is 32.2. The maximum atomic E-state index is 13.0. The fourth-order valence-electron chi connectivity index (χ4n) is 3.17. The Morgan fingerprint density at radius 2 is 1.68 bits per heavy atom. The number of aryl methyl sites for hydroxylation is 2. The number of fused-ring (bicyclic) bond motifs is 1. The summed E-state index contributed by atoms with van der Waals surface area (Å²) in [6.07, 6.45) is 0. The van der Waals surface area contributed by atoms with Gasteiger partial charge in [-0.1, -0.05) is 11.3 Å². The van der Waals surface area contributed by atoms with Gasteiger partial charge < -0.3 is 4.90 Å². The average molecular weight is 419 g/mol. The summed E-state index contributed by atoms with van der Waals surface area (Å²) < 4.78 is 28.3. The van der Waals surface area contributed by atoms with Crippen LogP contribution < -0.4 is 5.32 Å². The molecule has 1 aliphatic rings. The van der Waals surface area contributed by atoms with E-state index in [1.807, 2.05) is 27.0 Å². The number of rotatable bonds is 4. The number of likely N-dealkylation sites (N-methyl/N-ethyl adjacent to an activating group) is 1. The quantitative estimate of drug-likeness (QED) is 0.695. The highest BCUT2D eigenvalue weighted by Crippen LogP contribution is 2.30. The zero-order valence-corrected chi connectivity index (χ0v) is 17.6. The Labute approximate surface area is 168 Å². The second kappa shape index (κ2) is 7.36. The molecule has 8 nitrogen and oxygen atoms in total. The number of nitrogens with one attached hydrogen (secondary N) is 1. The van der Waals surface area contributed by atoms with E-state index in [2.05, 4.69) is 25.2 Å². The Hall–Kier alpha value is -2.14. The van der Waals surface area contributed by atoms with E-state index in [1.165, 1.54) is 11.3 Å². The van der Waals surface area contributed by atoms with Gasteiger partial charge in [-0.25, -0.2) is 23.4 Å². The summed E-state index contributed by atoms with van der Waals surface area (Å²) in [4.78, 5) is 15.7. The van der Waals surface area contributed by atoms with Crippen LogP contribution in [-0.4, -0.2) is 65.8 Å². The van der Waals surface area contributed by atoms with Crippen molar-refractivity contribution in [3.05, 3.63) is 35.7 Å². The first-order valence-corrected chi connectivity index (χ1v) is 11.3. The third-order valence-electron chi connectivity index (χ3n) is 4.66. The van der Waals surface area contributed by atoms with E-state index in [4.69, 9.17) is 0 Å². The lowest BCUT2D eigenvalue weighted by molar-refractivity contribution is 0.222. The molecule has 0 spiro atoms. The third-order valence-corrected chi connectivity index (χ3v) is 7.49. The summed E-state index contributed by atoms with van der Waals surface area (Å²) in [6, 6.07) is 6.99. The highest BCUT2D eigenvalue weighted by molar-refractivity contribution is 7.89. The second-order valence-corrected chi connectivity index (χ2v) is 9.92. The Bertz CT molecular complexity index is 1100. The molecule has 1 N–H and O–H groups in total. The third kappa shape index (κ3) is 3.86. The Morgan fingerprint density at radius 3 is 2.36 bits per heavy atom. The fourth-order valence-corrected chi connectivity index (χ4v) is 5.60. The minimum atomic E-state index is -3.50. The molecule has 148 valence electrons. The number of sulfonamides is 1. The molecule has 4 rings (SSSR count). The van der Waals surface area contributed by atoms with E-state index in [9.17, 15) is 8.42 Å². The molecule has 0 aliphatic carbocycles. The molecule has 3 aromatic rings. The normalized spacial score (nSPS) is 16.5. The van der Waals surface area contributed by atoms with Gasteiger partial charge in [0.15, 0.2) is 5.13 Å². The maximum Gasteiger partial charge on any atom is 0.243 e. The number of anilines is 2. The lowest BCUT2D eigenvalue weighted by atomic mass is 10.3. The van der Waals surface area contributed by atoms with Crippen molar-refractivity contribution >= 4 is 42.7 Å². The smallest absolute Gasteiger partial charge is 0.243 e. The van der Waals surface area contributed by atoms with E-state index in [0.717, 1.165) is 34.7 Å². The summed E-state index contributed by atoms with van der Waals surface area (Å²) >= 11 is 1.39. The standard InChI is InChI=1S/C18H22N6O2S2/c1-12-10-13(2)20-17(19-12)22-18-21-15-5-4-14(11-16(15)27-18)28(25,26)24-8-6-23(3)7-9-24/h4-5,10-11H,6-9H2,1-3H3,(H,19,20,21,22). The summed E-state index contributed by atoms with van der Waals surface area (Å²) in [7, 11) is -1.50. The highest BCUT2D eigenvalue weighted by Gasteiger charge is 2.27. The zero-order valence-electron chi connectivity index (χ0n) is 16.0. The van der Waals surface area contributed by atoms with Crippen LogP contribution in [-0.2, 0) is 10.0 Å². The number of piperazine rings is 1. The van der Waals surface area contributed by atoms with Crippen LogP contribution in [0.3, 0.4) is 0 Å². The van der Waals surface area contributed by atoms with Gasteiger partial charge in [0, 0.05) is 37.6 Å². The molecule has 0 unspecified atom stereocenters. The van der Waals surface area contributed by atoms with Crippen molar-refractivity contribution in [3.63, 3.8) is 0 Å². The van der Waals surface area contributed by atoms with Gasteiger partial charge in [-0.2, -0.15) is 4.31 Å². The van der Waals surface area contributed by atoms with Crippen LogP contribution in [0.15, 0.2) is 29.2 Å². The van der Waals surface area contributed by atoms with Gasteiger partial charge in [0.1, 0.15) is 0 Å². The summed E-state index contributed by atoms with van der Waals surface area (Å²) in [5.74, 6) is 0.488. The van der Waals surface area contributed by atoms with Gasteiger partial charge >= 0.3 is 0 Å². The van der Waals surface area contributed by atoms with Crippen LogP contribution in [0.5, 0.6) is 0 Å².